The second kappa shape index (κ2) is 3.06. The van der Waals surface area contributed by atoms with Crippen molar-refractivity contribution >= 4 is 18.5 Å². The van der Waals surface area contributed by atoms with E-state index in [0.717, 1.165) is 5.03 Å². The Labute approximate surface area is 65.9 Å². The number of aliphatic imine (C=N–C) groups is 1. The van der Waals surface area contributed by atoms with Gasteiger partial charge in [0.25, 0.3) is 0 Å². The van der Waals surface area contributed by atoms with Crippen molar-refractivity contribution < 1.29 is 0 Å². The second-order valence-corrected chi connectivity index (χ2v) is 3.32. The molecule has 0 bridgehead atoms. The van der Waals surface area contributed by atoms with E-state index in [9.17, 15) is 0 Å². The fourth-order valence-electron chi connectivity index (χ4n) is 0.735. The van der Waals surface area contributed by atoms with Gasteiger partial charge in [0.05, 0.1) is 5.03 Å². The summed E-state index contributed by atoms with van der Waals surface area (Å²) in [6.45, 7) is 7.77. The molecule has 1 rings (SSSR count). The molecule has 0 saturated heterocycles. The van der Waals surface area contributed by atoms with Gasteiger partial charge in [0.1, 0.15) is 0 Å². The van der Waals surface area contributed by atoms with Crippen molar-refractivity contribution in [2.45, 2.75) is 13.8 Å². The summed E-state index contributed by atoms with van der Waals surface area (Å²) in [7, 11) is 0. The predicted molar refractivity (Wildman–Crippen MR) is 48.1 cm³/mol. The fourth-order valence-corrected chi connectivity index (χ4v) is 1.61. The van der Waals surface area contributed by atoms with E-state index in [1.807, 2.05) is 0 Å². The zero-order valence-corrected chi connectivity index (χ0v) is 7.11. The van der Waals surface area contributed by atoms with Gasteiger partial charge in [-0.2, -0.15) is 0 Å². The quantitative estimate of drug-likeness (QED) is 0.528. The van der Waals surface area contributed by atoms with Gasteiger partial charge in [-0.25, -0.2) is 0 Å². The number of thioether (sulfide) groups is 1. The van der Waals surface area contributed by atoms with Crippen molar-refractivity contribution in [3.8, 4) is 0 Å². The van der Waals surface area contributed by atoms with Gasteiger partial charge in [0.15, 0.2) is 0 Å². The molecule has 0 aromatic rings. The van der Waals surface area contributed by atoms with E-state index < -0.39 is 0 Å². The summed E-state index contributed by atoms with van der Waals surface area (Å²) in [5.74, 6) is 0.529. The van der Waals surface area contributed by atoms with Gasteiger partial charge in [0, 0.05) is 0 Å². The highest BCUT2D eigenvalue weighted by Gasteiger charge is 2.07. The molecule has 0 aromatic heterocycles. The third kappa shape index (κ3) is 1.51. The Hall–Kier alpha value is -0.500. The van der Waals surface area contributed by atoms with E-state index >= 15 is 0 Å². The Morgan fingerprint density at radius 1 is 1.70 bits per heavy atom. The predicted octanol–water partition coefficient (Wildman–Crippen LogP) is 2.82. The molecule has 0 N–H and O–H groups in total. The lowest BCUT2D eigenvalue weighted by molar-refractivity contribution is 0.858. The van der Waals surface area contributed by atoms with Crippen LogP contribution in [-0.2, 0) is 0 Å². The van der Waals surface area contributed by atoms with Gasteiger partial charge in [-0.15, -0.1) is 0 Å². The lowest BCUT2D eigenvalue weighted by Gasteiger charge is -2.12. The highest BCUT2D eigenvalue weighted by atomic mass is 32.2. The molecule has 1 unspecified atom stereocenters. The summed E-state index contributed by atoms with van der Waals surface area (Å²) in [5, 5.41) is 3.16. The monoisotopic (exact) mass is 153 g/mol. The first-order chi connectivity index (χ1) is 4.74. The molecule has 1 aliphatic heterocycles. The summed E-state index contributed by atoms with van der Waals surface area (Å²) in [5.41, 5.74) is 1.40. The van der Waals surface area contributed by atoms with Crippen LogP contribution in [0.4, 0.5) is 0 Å². The van der Waals surface area contributed by atoms with E-state index in [1.54, 1.807) is 11.8 Å². The van der Waals surface area contributed by atoms with Gasteiger partial charge < -0.3 is 0 Å². The number of hydrogen-bond donors (Lipinski definition) is 0. The third-order valence-electron chi connectivity index (χ3n) is 1.63. The maximum Gasteiger partial charge on any atom is 0.0960 e. The van der Waals surface area contributed by atoms with Crippen LogP contribution in [0.15, 0.2) is 27.1 Å². The molecule has 0 saturated carbocycles. The van der Waals surface area contributed by atoms with Crippen LogP contribution in [0, 0.1) is 5.92 Å². The van der Waals surface area contributed by atoms with Crippen LogP contribution in [0.5, 0.6) is 0 Å². The fraction of sp³-hybridized carbons (Fsp3) is 0.375. The number of rotatable bonds is 1. The van der Waals surface area contributed by atoms with Crippen molar-refractivity contribution in [1.29, 1.82) is 0 Å². The molecule has 1 heterocycles. The third-order valence-corrected chi connectivity index (χ3v) is 2.63. The van der Waals surface area contributed by atoms with Crippen molar-refractivity contribution in [2.24, 2.45) is 10.9 Å². The maximum atomic E-state index is 3.86. The molecule has 0 amide bonds. The zero-order chi connectivity index (χ0) is 7.56. The van der Waals surface area contributed by atoms with Crippen LogP contribution in [0.25, 0.3) is 0 Å². The van der Waals surface area contributed by atoms with Gasteiger partial charge >= 0.3 is 0 Å². The van der Waals surface area contributed by atoms with Gasteiger partial charge in [-0.3, -0.25) is 4.99 Å². The van der Waals surface area contributed by atoms with E-state index in [4.69, 9.17) is 0 Å². The summed E-state index contributed by atoms with van der Waals surface area (Å²) >= 11 is 1.64. The second-order valence-electron chi connectivity index (χ2n) is 2.43. The molecule has 54 valence electrons. The Balaban J connectivity index is 2.73. The smallest absolute Gasteiger partial charge is 0.0960 e. The zero-order valence-electron chi connectivity index (χ0n) is 6.29. The molecule has 0 aromatic carbocycles. The molecule has 0 fully saturated rings. The Morgan fingerprint density at radius 2 is 2.40 bits per heavy atom. The normalized spacial score (nSPS) is 25.2. The topological polar surface area (TPSA) is 12.4 Å². The Kier molecular flexibility index (Phi) is 2.33. The van der Waals surface area contributed by atoms with Crippen LogP contribution in [0.3, 0.4) is 0 Å². The standard InChI is InChI=1S/C8H11NS/c1-6-4-8(9-3)10-5-7(6)2/h4-6H,3H2,1-2H3. The number of hydrogen-bond acceptors (Lipinski definition) is 2. The largest absolute Gasteiger partial charge is 0.258 e. The van der Waals surface area contributed by atoms with Gasteiger partial charge in [-0.1, -0.05) is 24.3 Å². The van der Waals surface area contributed by atoms with Crippen molar-refractivity contribution in [2.75, 3.05) is 0 Å². The molecule has 0 radical (unpaired) electrons. The lowest BCUT2D eigenvalue weighted by atomic mass is 10.1. The van der Waals surface area contributed by atoms with Crippen molar-refractivity contribution in [3.05, 3.63) is 22.1 Å². The molecule has 10 heavy (non-hydrogen) atoms. The van der Waals surface area contributed by atoms with Crippen LogP contribution in [-0.4, -0.2) is 6.72 Å². The number of nitrogens with zero attached hydrogens (tertiary/aromatic N) is 1. The van der Waals surface area contributed by atoms with Crippen LogP contribution in [0.1, 0.15) is 13.8 Å². The van der Waals surface area contributed by atoms with Crippen molar-refractivity contribution in [3.63, 3.8) is 0 Å². The molecular formula is C8H11NS. The molecule has 1 aliphatic rings. The summed E-state index contributed by atoms with van der Waals surface area (Å²) in [6, 6.07) is 0. The molecule has 0 aliphatic carbocycles. The minimum Gasteiger partial charge on any atom is -0.258 e. The van der Waals surface area contributed by atoms with Crippen LogP contribution in [0.2, 0.25) is 0 Å². The molecule has 2 heteroatoms. The van der Waals surface area contributed by atoms with E-state index in [0.29, 0.717) is 5.92 Å². The highest BCUT2D eigenvalue weighted by Crippen LogP contribution is 2.30. The SMILES string of the molecule is C=NC1=CC(C)C(C)=CS1. The van der Waals surface area contributed by atoms with Crippen molar-refractivity contribution in [1.82, 2.24) is 0 Å². The molecule has 0 spiro atoms. The van der Waals surface area contributed by atoms with Crippen LogP contribution < -0.4 is 0 Å². The summed E-state index contributed by atoms with van der Waals surface area (Å²) in [4.78, 5) is 3.86. The molecule has 1 atom stereocenters. The minimum atomic E-state index is 0.529. The maximum absolute atomic E-state index is 3.86. The minimum absolute atomic E-state index is 0.529. The highest BCUT2D eigenvalue weighted by molar-refractivity contribution is 8.05. The van der Waals surface area contributed by atoms with Crippen LogP contribution >= 0.6 is 11.8 Å². The first kappa shape index (κ1) is 7.61. The van der Waals surface area contributed by atoms with Gasteiger partial charge in [0.2, 0.25) is 0 Å². The van der Waals surface area contributed by atoms with E-state index in [-0.39, 0.29) is 0 Å². The summed E-state index contributed by atoms with van der Waals surface area (Å²) < 4.78 is 0. The molecular weight excluding hydrogens is 142 g/mol. The first-order valence-corrected chi connectivity index (χ1v) is 4.14. The number of allylic oxidation sites excluding steroid dienone is 2. The Morgan fingerprint density at radius 3 is 2.90 bits per heavy atom. The van der Waals surface area contributed by atoms with Gasteiger partial charge in [-0.05, 0) is 31.0 Å². The average molecular weight is 153 g/mol. The average Bonchev–Trinajstić information content (AvgIpc) is 1.95. The van der Waals surface area contributed by atoms with E-state index in [2.05, 4.69) is 37.0 Å². The van der Waals surface area contributed by atoms with E-state index in [1.165, 1.54) is 5.57 Å². The Bertz CT molecular complexity index is 203. The lowest BCUT2D eigenvalue weighted by Crippen LogP contribution is -1.95. The summed E-state index contributed by atoms with van der Waals surface area (Å²) in [6.07, 6.45) is 2.13. The molecule has 1 nitrogen and oxygen atoms in total. The first-order valence-electron chi connectivity index (χ1n) is 3.26.